The Bertz CT molecular complexity index is 586. The molecule has 118 valence electrons. The highest BCUT2D eigenvalue weighted by atomic mass is 32.2. The summed E-state index contributed by atoms with van der Waals surface area (Å²) in [4.78, 5) is 2.13. The number of hydrogen-bond donors (Lipinski definition) is 1. The van der Waals surface area contributed by atoms with Crippen molar-refractivity contribution in [2.24, 2.45) is 0 Å². The van der Waals surface area contributed by atoms with Gasteiger partial charge >= 0.3 is 0 Å². The van der Waals surface area contributed by atoms with Crippen molar-refractivity contribution in [3.05, 3.63) is 29.6 Å². The first-order valence-electron chi connectivity index (χ1n) is 6.98. The number of halogens is 1. The number of benzene rings is 1. The maximum absolute atomic E-state index is 13.5. The molecule has 0 saturated carbocycles. The summed E-state index contributed by atoms with van der Waals surface area (Å²) in [6, 6.07) is 4.01. The van der Waals surface area contributed by atoms with Crippen LogP contribution >= 0.6 is 0 Å². The Morgan fingerprint density at radius 1 is 1.38 bits per heavy atom. The summed E-state index contributed by atoms with van der Waals surface area (Å²) in [6.45, 7) is 6.77. The molecule has 0 bridgehead atoms. The fourth-order valence-electron chi connectivity index (χ4n) is 2.20. The second-order valence-electron chi connectivity index (χ2n) is 5.26. The van der Waals surface area contributed by atoms with Gasteiger partial charge in [0.2, 0.25) is 10.0 Å². The van der Waals surface area contributed by atoms with Crippen molar-refractivity contribution in [2.75, 3.05) is 32.8 Å². The van der Waals surface area contributed by atoms with Gasteiger partial charge < -0.3 is 4.74 Å². The Balaban J connectivity index is 1.98. The van der Waals surface area contributed by atoms with Crippen molar-refractivity contribution in [1.82, 2.24) is 9.62 Å². The Labute approximate surface area is 125 Å². The lowest BCUT2D eigenvalue weighted by atomic mass is 10.2. The molecule has 1 aromatic carbocycles. The molecule has 5 nitrogen and oxygen atoms in total. The summed E-state index contributed by atoms with van der Waals surface area (Å²) >= 11 is 0. The molecule has 0 radical (unpaired) electrons. The molecule has 1 aliphatic rings. The fourth-order valence-corrected chi connectivity index (χ4v) is 3.33. The summed E-state index contributed by atoms with van der Waals surface area (Å²) in [5.74, 6) is -0.515. The molecule has 1 saturated heterocycles. The van der Waals surface area contributed by atoms with Gasteiger partial charge in [-0.25, -0.2) is 17.5 Å². The summed E-state index contributed by atoms with van der Waals surface area (Å²) in [6.07, 6.45) is 0. The van der Waals surface area contributed by atoms with E-state index in [4.69, 9.17) is 4.74 Å². The summed E-state index contributed by atoms with van der Waals surface area (Å²) < 4.78 is 45.6. The van der Waals surface area contributed by atoms with Crippen molar-refractivity contribution >= 4 is 10.0 Å². The SMILES string of the molecule is Cc1ccc(S(=O)(=O)NC[C@H](C)N2CCOCC2)cc1F. The third-order valence-electron chi connectivity index (χ3n) is 3.69. The molecule has 21 heavy (non-hydrogen) atoms. The molecule has 7 heteroatoms. The van der Waals surface area contributed by atoms with Gasteiger partial charge in [0.25, 0.3) is 0 Å². The number of rotatable bonds is 5. The Morgan fingerprint density at radius 2 is 2.05 bits per heavy atom. The zero-order valence-electron chi connectivity index (χ0n) is 12.3. The lowest BCUT2D eigenvalue weighted by Crippen LogP contribution is -2.47. The molecule has 0 aliphatic carbocycles. The number of morpholine rings is 1. The van der Waals surface area contributed by atoms with E-state index in [1.54, 1.807) is 6.92 Å². The van der Waals surface area contributed by atoms with Crippen LogP contribution in [0.25, 0.3) is 0 Å². The molecule has 0 amide bonds. The van der Waals surface area contributed by atoms with E-state index in [1.165, 1.54) is 12.1 Å². The quantitative estimate of drug-likeness (QED) is 0.885. The monoisotopic (exact) mass is 316 g/mol. The predicted octanol–water partition coefficient (Wildman–Crippen LogP) is 1.13. The number of ether oxygens (including phenoxy) is 1. The Kier molecular flexibility index (Phi) is 5.32. The van der Waals surface area contributed by atoms with Crippen LogP contribution in [0.2, 0.25) is 0 Å². The van der Waals surface area contributed by atoms with Gasteiger partial charge in [0.05, 0.1) is 18.1 Å². The molecule has 1 atom stereocenters. The van der Waals surface area contributed by atoms with Gasteiger partial charge in [-0.05, 0) is 31.5 Å². The lowest BCUT2D eigenvalue weighted by molar-refractivity contribution is 0.0213. The van der Waals surface area contributed by atoms with E-state index in [1.807, 2.05) is 6.92 Å². The molecule has 1 aliphatic heterocycles. The van der Waals surface area contributed by atoms with Gasteiger partial charge in [0, 0.05) is 25.7 Å². The zero-order valence-corrected chi connectivity index (χ0v) is 13.1. The van der Waals surface area contributed by atoms with E-state index in [0.29, 0.717) is 18.8 Å². The Morgan fingerprint density at radius 3 is 2.67 bits per heavy atom. The van der Waals surface area contributed by atoms with E-state index in [9.17, 15) is 12.8 Å². The molecule has 2 rings (SSSR count). The first-order valence-corrected chi connectivity index (χ1v) is 8.46. The highest BCUT2D eigenvalue weighted by Gasteiger charge is 2.20. The molecule has 0 unspecified atom stereocenters. The number of nitrogens with one attached hydrogen (secondary N) is 1. The van der Waals surface area contributed by atoms with Crippen molar-refractivity contribution in [3.63, 3.8) is 0 Å². The lowest BCUT2D eigenvalue weighted by Gasteiger charge is -2.32. The van der Waals surface area contributed by atoms with Crippen LogP contribution in [0.15, 0.2) is 23.1 Å². The van der Waals surface area contributed by atoms with Crippen molar-refractivity contribution in [3.8, 4) is 0 Å². The summed E-state index contributed by atoms with van der Waals surface area (Å²) in [5, 5.41) is 0. The third-order valence-corrected chi connectivity index (χ3v) is 5.11. The predicted molar refractivity (Wildman–Crippen MR) is 78.2 cm³/mol. The molecule has 1 heterocycles. The molecule has 1 N–H and O–H groups in total. The van der Waals surface area contributed by atoms with Crippen molar-refractivity contribution in [2.45, 2.75) is 24.8 Å². The van der Waals surface area contributed by atoms with E-state index in [2.05, 4.69) is 9.62 Å². The highest BCUT2D eigenvalue weighted by molar-refractivity contribution is 7.89. The average molecular weight is 316 g/mol. The van der Waals surface area contributed by atoms with Crippen molar-refractivity contribution in [1.29, 1.82) is 0 Å². The molecule has 0 spiro atoms. The van der Waals surface area contributed by atoms with Crippen LogP contribution in [0.3, 0.4) is 0 Å². The van der Waals surface area contributed by atoms with Gasteiger partial charge in [-0.3, -0.25) is 4.90 Å². The number of hydrogen-bond acceptors (Lipinski definition) is 4. The van der Waals surface area contributed by atoms with Gasteiger partial charge in [0.1, 0.15) is 5.82 Å². The molecule has 1 fully saturated rings. The minimum absolute atomic E-state index is 0.0419. The summed E-state index contributed by atoms with van der Waals surface area (Å²) in [7, 11) is -3.68. The highest BCUT2D eigenvalue weighted by Crippen LogP contribution is 2.14. The van der Waals surface area contributed by atoms with Crippen LogP contribution in [0.5, 0.6) is 0 Å². The Hall–Kier alpha value is -1.02. The topological polar surface area (TPSA) is 58.6 Å². The van der Waals surface area contributed by atoms with Crippen LogP contribution in [0.4, 0.5) is 4.39 Å². The number of nitrogens with zero attached hydrogens (tertiary/aromatic N) is 1. The standard InChI is InChI=1S/C14H21FN2O3S/c1-11-3-4-13(9-14(11)15)21(18,19)16-10-12(2)17-5-7-20-8-6-17/h3-4,9,12,16H,5-8,10H2,1-2H3/t12-/m0/s1. The largest absolute Gasteiger partial charge is 0.379 e. The van der Waals surface area contributed by atoms with Gasteiger partial charge in [-0.1, -0.05) is 6.07 Å². The van der Waals surface area contributed by atoms with Crippen molar-refractivity contribution < 1.29 is 17.5 Å². The van der Waals surface area contributed by atoms with E-state index in [-0.39, 0.29) is 17.5 Å². The van der Waals surface area contributed by atoms with E-state index < -0.39 is 15.8 Å². The minimum atomic E-state index is -3.68. The number of sulfonamides is 1. The number of aryl methyl sites for hydroxylation is 1. The second kappa shape index (κ2) is 6.83. The molecular weight excluding hydrogens is 295 g/mol. The van der Waals surface area contributed by atoms with Gasteiger partial charge in [0.15, 0.2) is 0 Å². The van der Waals surface area contributed by atoms with Crippen LogP contribution in [-0.2, 0) is 14.8 Å². The van der Waals surface area contributed by atoms with Gasteiger partial charge in [-0.15, -0.1) is 0 Å². The average Bonchev–Trinajstić information content (AvgIpc) is 2.48. The first kappa shape index (κ1) is 16.4. The second-order valence-corrected chi connectivity index (χ2v) is 7.03. The van der Waals surface area contributed by atoms with Crippen LogP contribution in [-0.4, -0.2) is 52.2 Å². The molecule has 1 aromatic rings. The minimum Gasteiger partial charge on any atom is -0.379 e. The third kappa shape index (κ3) is 4.23. The smallest absolute Gasteiger partial charge is 0.240 e. The normalized spacial score (nSPS) is 18.6. The van der Waals surface area contributed by atoms with Crippen LogP contribution in [0.1, 0.15) is 12.5 Å². The van der Waals surface area contributed by atoms with E-state index >= 15 is 0 Å². The first-order chi connectivity index (χ1) is 9.90. The summed E-state index contributed by atoms with van der Waals surface area (Å²) in [5.41, 5.74) is 0.427. The van der Waals surface area contributed by atoms with E-state index in [0.717, 1.165) is 19.2 Å². The van der Waals surface area contributed by atoms with Crippen LogP contribution in [0, 0.1) is 12.7 Å². The molecule has 0 aromatic heterocycles. The zero-order chi connectivity index (χ0) is 15.5. The molecular formula is C14H21FN2O3S. The fraction of sp³-hybridized carbons (Fsp3) is 0.571. The van der Waals surface area contributed by atoms with Gasteiger partial charge in [-0.2, -0.15) is 0 Å². The maximum atomic E-state index is 13.5. The van der Waals surface area contributed by atoms with Crippen LogP contribution < -0.4 is 4.72 Å². The maximum Gasteiger partial charge on any atom is 0.240 e.